The molecule has 0 saturated carbocycles. The lowest BCUT2D eigenvalue weighted by molar-refractivity contribution is -0.138. The molecule has 2 heterocycles. The van der Waals surface area contributed by atoms with Gasteiger partial charge in [0.1, 0.15) is 18.0 Å². The average molecular weight is 708 g/mol. The number of rotatable bonds is 14. The van der Waals surface area contributed by atoms with Crippen molar-refractivity contribution in [3.8, 4) is 11.5 Å². The van der Waals surface area contributed by atoms with Crippen LogP contribution in [0.4, 0.5) is 10.1 Å². The van der Waals surface area contributed by atoms with Crippen LogP contribution in [0.5, 0.6) is 11.5 Å². The van der Waals surface area contributed by atoms with Crippen molar-refractivity contribution in [3.63, 3.8) is 0 Å². The van der Waals surface area contributed by atoms with Crippen LogP contribution < -0.4 is 25.0 Å². The fraction of sp³-hybridized carbons (Fsp3) is 0.368. The maximum absolute atomic E-state index is 14.3. The Morgan fingerprint density at radius 1 is 1.04 bits per heavy atom. The van der Waals surface area contributed by atoms with Gasteiger partial charge in [-0.1, -0.05) is 68.8 Å². The van der Waals surface area contributed by atoms with Crippen molar-refractivity contribution < 1.29 is 28.2 Å². The minimum atomic E-state index is -1.16. The summed E-state index contributed by atoms with van der Waals surface area (Å²) in [6.45, 7) is 8.51. The number of nitrogens with one attached hydrogen (secondary N) is 2. The first-order chi connectivity index (χ1) is 23.5. The summed E-state index contributed by atoms with van der Waals surface area (Å²) in [5, 5.41) is 8.72. The summed E-state index contributed by atoms with van der Waals surface area (Å²) in [4.78, 5) is 30.6. The number of fused-ring (bicyclic) bond motifs is 1. The molecule has 8 nitrogen and oxygen atoms in total. The van der Waals surface area contributed by atoms with Crippen molar-refractivity contribution >= 4 is 40.4 Å². The van der Waals surface area contributed by atoms with Gasteiger partial charge < -0.3 is 29.7 Å². The van der Waals surface area contributed by atoms with E-state index in [1.165, 1.54) is 10.9 Å². The number of ether oxygens (including phenoxy) is 3. The molecule has 0 radical (unpaired) electrons. The van der Waals surface area contributed by atoms with Gasteiger partial charge in [-0.15, -0.1) is 11.3 Å². The molecule has 3 aromatic carbocycles. The Morgan fingerprint density at radius 3 is 2.59 bits per heavy atom. The van der Waals surface area contributed by atoms with Crippen LogP contribution in [0.25, 0.3) is 0 Å². The highest BCUT2D eigenvalue weighted by atomic mass is 35.5. The van der Waals surface area contributed by atoms with Gasteiger partial charge in [-0.25, -0.2) is 4.39 Å². The van der Waals surface area contributed by atoms with Crippen LogP contribution in [-0.2, 0) is 27.4 Å². The second kappa shape index (κ2) is 16.6. The quantitative estimate of drug-likeness (QED) is 0.131. The zero-order valence-corrected chi connectivity index (χ0v) is 29.8. The standard InChI is InChI=1S/C38H43ClFN3O5S/c1-38(2,3)24-43-31-16-15-26(39)20-29(31)35(48-33(37(43)45)21-34(44)42-22-25-10-5-6-13-30(25)40)28-12-7-14-32(36(28)46-4)47-18-9-17-41-23-27-11-8-19-49-27/h5-8,10-16,19-20,33,35,41H,9,17-18,21-24H2,1-4H3,(H,42,44)/t33-,35-/m1/s1. The van der Waals surface area contributed by atoms with Crippen molar-refractivity contribution in [2.24, 2.45) is 5.41 Å². The van der Waals surface area contributed by atoms with Gasteiger partial charge in [0.15, 0.2) is 11.5 Å². The van der Waals surface area contributed by atoms with E-state index < -0.39 is 23.9 Å². The smallest absolute Gasteiger partial charge is 0.256 e. The second-order valence-electron chi connectivity index (χ2n) is 13.1. The summed E-state index contributed by atoms with van der Waals surface area (Å²) in [7, 11) is 1.56. The zero-order chi connectivity index (χ0) is 35.0. The summed E-state index contributed by atoms with van der Waals surface area (Å²) >= 11 is 8.28. The number of carbonyl (C=O) groups excluding carboxylic acids is 2. The van der Waals surface area contributed by atoms with Crippen molar-refractivity contribution in [3.05, 3.63) is 111 Å². The number of para-hydroxylation sites is 1. The number of carbonyl (C=O) groups is 2. The van der Waals surface area contributed by atoms with E-state index in [2.05, 4.69) is 22.1 Å². The normalized spacial score (nSPS) is 16.2. The molecule has 0 saturated heterocycles. The Balaban J connectivity index is 1.42. The minimum Gasteiger partial charge on any atom is -0.492 e. The molecule has 1 aliphatic heterocycles. The fourth-order valence-corrected chi connectivity index (χ4v) is 6.59. The Bertz CT molecular complexity index is 1730. The molecular weight excluding hydrogens is 665 g/mol. The topological polar surface area (TPSA) is 89.1 Å². The molecule has 2 atom stereocenters. The first-order valence-corrected chi connectivity index (χ1v) is 17.6. The summed E-state index contributed by atoms with van der Waals surface area (Å²) in [6.07, 6.45) is -1.50. The summed E-state index contributed by atoms with van der Waals surface area (Å²) in [5.41, 5.74) is 1.98. The first kappa shape index (κ1) is 36.3. The third kappa shape index (κ3) is 9.60. The van der Waals surface area contributed by atoms with Gasteiger partial charge in [0.2, 0.25) is 5.91 Å². The van der Waals surface area contributed by atoms with E-state index in [1.54, 1.807) is 53.7 Å². The molecular formula is C38H43ClFN3O5S. The lowest BCUT2D eigenvalue weighted by Crippen LogP contribution is -2.45. The Kier molecular flexibility index (Phi) is 12.3. The van der Waals surface area contributed by atoms with Gasteiger partial charge in [-0.2, -0.15) is 0 Å². The lowest BCUT2D eigenvalue weighted by atomic mass is 9.94. The number of anilines is 1. The molecule has 49 heavy (non-hydrogen) atoms. The second-order valence-corrected chi connectivity index (χ2v) is 14.6. The van der Waals surface area contributed by atoms with E-state index in [4.69, 9.17) is 25.8 Å². The zero-order valence-electron chi connectivity index (χ0n) is 28.3. The van der Waals surface area contributed by atoms with Crippen LogP contribution >= 0.6 is 22.9 Å². The highest BCUT2D eigenvalue weighted by Gasteiger charge is 2.40. The van der Waals surface area contributed by atoms with Crippen LogP contribution in [-0.4, -0.2) is 44.7 Å². The van der Waals surface area contributed by atoms with Gasteiger partial charge in [-0.05, 0) is 60.2 Å². The fourth-order valence-electron chi connectivity index (χ4n) is 5.73. The highest BCUT2D eigenvalue weighted by Crippen LogP contribution is 2.45. The third-order valence-electron chi connectivity index (χ3n) is 7.97. The molecule has 5 rings (SSSR count). The number of amides is 2. The molecule has 0 bridgehead atoms. The van der Waals surface area contributed by atoms with Crippen LogP contribution in [0.3, 0.4) is 0 Å². The summed E-state index contributed by atoms with van der Waals surface area (Å²) in [6, 6.07) is 21.3. The molecule has 1 aromatic heterocycles. The first-order valence-electron chi connectivity index (χ1n) is 16.3. The lowest BCUT2D eigenvalue weighted by Gasteiger charge is -2.31. The van der Waals surface area contributed by atoms with Gasteiger partial charge in [0.05, 0.1) is 20.1 Å². The van der Waals surface area contributed by atoms with Crippen LogP contribution in [0.15, 0.2) is 78.2 Å². The van der Waals surface area contributed by atoms with Gasteiger partial charge in [0, 0.05) is 51.9 Å². The van der Waals surface area contributed by atoms with E-state index >= 15 is 0 Å². The average Bonchev–Trinajstić information content (AvgIpc) is 3.56. The number of benzene rings is 3. The highest BCUT2D eigenvalue weighted by molar-refractivity contribution is 7.09. The van der Waals surface area contributed by atoms with Crippen LogP contribution in [0.2, 0.25) is 5.02 Å². The molecule has 2 N–H and O–H groups in total. The van der Waals surface area contributed by atoms with Crippen molar-refractivity contribution in [1.82, 2.24) is 10.6 Å². The molecule has 260 valence electrons. The minimum absolute atomic E-state index is 0.0197. The van der Waals surface area contributed by atoms with Crippen molar-refractivity contribution in [1.29, 1.82) is 0 Å². The maximum Gasteiger partial charge on any atom is 0.256 e. The summed E-state index contributed by atoms with van der Waals surface area (Å²) < 4.78 is 33.0. The molecule has 4 aromatic rings. The van der Waals surface area contributed by atoms with Gasteiger partial charge >= 0.3 is 0 Å². The molecule has 0 fully saturated rings. The molecule has 2 amide bonds. The molecule has 1 aliphatic rings. The van der Waals surface area contributed by atoms with Crippen LogP contribution in [0.1, 0.15) is 61.3 Å². The van der Waals surface area contributed by atoms with Crippen molar-refractivity contribution in [2.45, 2.75) is 58.9 Å². The number of hydrogen-bond donors (Lipinski definition) is 2. The van der Waals surface area contributed by atoms with E-state index in [1.807, 2.05) is 51.1 Å². The number of thiophene rings is 1. The van der Waals surface area contributed by atoms with E-state index in [-0.39, 0.29) is 24.3 Å². The van der Waals surface area contributed by atoms with E-state index in [0.717, 1.165) is 19.5 Å². The molecule has 0 unspecified atom stereocenters. The molecule has 0 aliphatic carbocycles. The predicted molar refractivity (Wildman–Crippen MR) is 192 cm³/mol. The van der Waals surface area contributed by atoms with E-state index in [9.17, 15) is 14.0 Å². The monoisotopic (exact) mass is 707 g/mol. The predicted octanol–water partition coefficient (Wildman–Crippen LogP) is 7.68. The number of nitrogens with zero attached hydrogens (tertiary/aromatic N) is 1. The largest absolute Gasteiger partial charge is 0.492 e. The van der Waals surface area contributed by atoms with Crippen LogP contribution in [0, 0.1) is 11.2 Å². The van der Waals surface area contributed by atoms with Gasteiger partial charge in [-0.3, -0.25) is 9.59 Å². The van der Waals surface area contributed by atoms with E-state index in [0.29, 0.717) is 52.1 Å². The SMILES string of the molecule is COc1c(OCCCNCc2cccs2)cccc1[C@H]1O[C@H](CC(=O)NCc2ccccc2F)C(=O)N(CC(C)(C)C)c2ccc(Cl)cc21. The summed E-state index contributed by atoms with van der Waals surface area (Å²) in [5.74, 6) is -0.228. The maximum atomic E-state index is 14.3. The third-order valence-corrected chi connectivity index (χ3v) is 9.08. The molecule has 0 spiro atoms. The number of halogens is 2. The van der Waals surface area contributed by atoms with Crippen molar-refractivity contribution in [2.75, 3.05) is 31.7 Å². The number of methoxy groups -OCH3 is 1. The molecule has 11 heteroatoms. The Morgan fingerprint density at radius 2 is 1.86 bits per heavy atom. The van der Waals surface area contributed by atoms with Gasteiger partial charge in [0.25, 0.3) is 5.91 Å². The number of hydrogen-bond acceptors (Lipinski definition) is 7. The Hall–Kier alpha value is -3.96. The Labute approximate surface area is 296 Å².